The molecular weight excluding hydrogens is 482 g/mol. The van der Waals surface area contributed by atoms with Crippen LogP contribution in [0.5, 0.6) is 5.75 Å². The smallest absolute Gasteiger partial charge is 0.255 e. The predicted octanol–water partition coefficient (Wildman–Crippen LogP) is 2.32. The van der Waals surface area contributed by atoms with Gasteiger partial charge in [-0.25, -0.2) is 8.78 Å². The molecule has 5 rings (SSSR count). The van der Waals surface area contributed by atoms with Gasteiger partial charge in [0.2, 0.25) is 11.8 Å². The minimum atomic E-state index is -2.42. The van der Waals surface area contributed by atoms with Crippen molar-refractivity contribution in [3.8, 4) is 5.75 Å². The van der Waals surface area contributed by atoms with Crippen molar-refractivity contribution in [3.63, 3.8) is 0 Å². The Morgan fingerprint density at radius 2 is 1.89 bits per heavy atom. The molecule has 10 heteroatoms. The Morgan fingerprint density at radius 3 is 2.65 bits per heavy atom. The summed E-state index contributed by atoms with van der Waals surface area (Å²) in [4.78, 5) is 40.0. The van der Waals surface area contributed by atoms with Crippen molar-refractivity contribution in [3.05, 3.63) is 65.2 Å². The number of rotatable bonds is 8. The minimum Gasteiger partial charge on any atom is -0.487 e. The van der Waals surface area contributed by atoms with Crippen LogP contribution in [0.3, 0.4) is 0 Å². The molecule has 2 saturated heterocycles. The van der Waals surface area contributed by atoms with E-state index in [1.807, 2.05) is 30.3 Å². The van der Waals surface area contributed by atoms with Crippen LogP contribution in [0.2, 0.25) is 0 Å². The van der Waals surface area contributed by atoms with Crippen molar-refractivity contribution >= 4 is 17.7 Å². The maximum absolute atomic E-state index is 13.1. The number of fused-ring (bicyclic) bond motifs is 1. The van der Waals surface area contributed by atoms with Crippen LogP contribution < -0.4 is 15.4 Å². The number of amides is 3. The fourth-order valence-electron chi connectivity index (χ4n) is 5.34. The van der Waals surface area contributed by atoms with Crippen LogP contribution >= 0.6 is 0 Å². The van der Waals surface area contributed by atoms with Crippen LogP contribution in [0.25, 0.3) is 0 Å². The summed E-state index contributed by atoms with van der Waals surface area (Å²) in [7, 11) is 0. The summed E-state index contributed by atoms with van der Waals surface area (Å²) in [6.45, 7) is 1.49. The lowest BCUT2D eigenvalue weighted by molar-refractivity contribution is -0.136. The number of carbonyl (C=O) groups is 3. The monoisotopic (exact) mass is 512 g/mol. The summed E-state index contributed by atoms with van der Waals surface area (Å²) >= 11 is 0. The van der Waals surface area contributed by atoms with Gasteiger partial charge >= 0.3 is 0 Å². The third-order valence-electron chi connectivity index (χ3n) is 7.23. The lowest BCUT2D eigenvalue weighted by atomic mass is 10.0. The number of nitrogens with zero attached hydrogens (tertiary/aromatic N) is 2. The maximum Gasteiger partial charge on any atom is 0.255 e. The van der Waals surface area contributed by atoms with Gasteiger partial charge in [0.1, 0.15) is 17.9 Å². The van der Waals surface area contributed by atoms with Gasteiger partial charge in [-0.05, 0) is 42.2 Å². The summed E-state index contributed by atoms with van der Waals surface area (Å²) in [5.41, 5.74) is 2.36. The van der Waals surface area contributed by atoms with Gasteiger partial charge in [0.15, 0.2) is 0 Å². The molecule has 37 heavy (non-hydrogen) atoms. The number of hydrogen-bond acceptors (Lipinski definition) is 6. The molecule has 0 saturated carbocycles. The van der Waals surface area contributed by atoms with Gasteiger partial charge in [-0.1, -0.05) is 30.3 Å². The molecule has 2 aromatic rings. The molecule has 3 amide bonds. The normalized spacial score (nSPS) is 24.4. The Hall–Kier alpha value is -3.37. The zero-order valence-corrected chi connectivity index (χ0v) is 20.4. The third kappa shape index (κ3) is 5.80. The fraction of sp³-hybridized carbons (Fsp3) is 0.444. The number of alkyl halides is 2. The first-order chi connectivity index (χ1) is 17.9. The predicted molar refractivity (Wildman–Crippen MR) is 131 cm³/mol. The number of halogens is 2. The molecule has 0 bridgehead atoms. The molecule has 3 unspecified atom stereocenters. The van der Waals surface area contributed by atoms with E-state index in [1.54, 1.807) is 23.1 Å². The summed E-state index contributed by atoms with van der Waals surface area (Å²) in [6, 6.07) is 14.4. The van der Waals surface area contributed by atoms with Crippen LogP contribution in [0.1, 0.15) is 40.7 Å². The Labute approximate surface area is 213 Å². The number of hydrogen-bond donors (Lipinski definition) is 2. The molecule has 3 atom stereocenters. The van der Waals surface area contributed by atoms with Crippen molar-refractivity contribution < 1.29 is 27.9 Å². The molecule has 8 nitrogen and oxygen atoms in total. The average Bonchev–Trinajstić information content (AvgIpc) is 3.19. The lowest BCUT2D eigenvalue weighted by Gasteiger charge is -2.39. The van der Waals surface area contributed by atoms with Gasteiger partial charge in [0.05, 0.1) is 6.54 Å². The number of benzene rings is 2. The number of carbonyl (C=O) groups excluding carboxylic acids is 3. The summed E-state index contributed by atoms with van der Waals surface area (Å²) in [6.07, 6.45) is -1.63. The van der Waals surface area contributed by atoms with Gasteiger partial charge in [0, 0.05) is 44.2 Å². The first-order valence-corrected chi connectivity index (χ1v) is 12.6. The highest BCUT2D eigenvalue weighted by Crippen LogP contribution is 2.31. The summed E-state index contributed by atoms with van der Waals surface area (Å²) < 4.78 is 32.5. The molecule has 0 aliphatic carbocycles. The molecule has 0 spiro atoms. The molecule has 2 fully saturated rings. The van der Waals surface area contributed by atoms with Crippen LogP contribution in [-0.4, -0.2) is 71.8 Å². The van der Waals surface area contributed by atoms with E-state index < -0.39 is 18.4 Å². The van der Waals surface area contributed by atoms with Crippen molar-refractivity contribution in [2.24, 2.45) is 0 Å². The van der Waals surface area contributed by atoms with Crippen LogP contribution in [0, 0.1) is 0 Å². The van der Waals surface area contributed by atoms with Crippen molar-refractivity contribution in [1.82, 2.24) is 20.4 Å². The largest absolute Gasteiger partial charge is 0.487 e. The van der Waals surface area contributed by atoms with E-state index in [9.17, 15) is 23.2 Å². The molecule has 3 heterocycles. The maximum atomic E-state index is 13.1. The first kappa shape index (κ1) is 25.3. The number of piperidine rings is 2. The lowest BCUT2D eigenvalue weighted by Crippen LogP contribution is -2.55. The van der Waals surface area contributed by atoms with E-state index in [0.29, 0.717) is 43.8 Å². The summed E-state index contributed by atoms with van der Waals surface area (Å²) in [5, 5.41) is 5.83. The highest BCUT2D eigenvalue weighted by Gasteiger charge is 2.39. The van der Waals surface area contributed by atoms with Crippen LogP contribution in [0.15, 0.2) is 48.5 Å². The van der Waals surface area contributed by atoms with E-state index in [4.69, 9.17) is 4.74 Å². The molecule has 0 aromatic heterocycles. The summed E-state index contributed by atoms with van der Waals surface area (Å²) in [5.74, 6) is -0.487. The van der Waals surface area contributed by atoms with E-state index in [0.717, 1.165) is 11.1 Å². The van der Waals surface area contributed by atoms with Crippen molar-refractivity contribution in [1.29, 1.82) is 0 Å². The number of ether oxygens (including phenoxy) is 1. The van der Waals surface area contributed by atoms with Crippen LogP contribution in [0.4, 0.5) is 8.78 Å². The Morgan fingerprint density at radius 1 is 1.08 bits per heavy atom. The number of imide groups is 1. The zero-order chi connectivity index (χ0) is 25.9. The van der Waals surface area contributed by atoms with E-state index >= 15 is 0 Å². The quantitative estimate of drug-likeness (QED) is 0.528. The third-order valence-corrected chi connectivity index (χ3v) is 7.23. The first-order valence-electron chi connectivity index (χ1n) is 12.6. The average molecular weight is 513 g/mol. The van der Waals surface area contributed by atoms with E-state index in [-0.39, 0.29) is 43.5 Å². The molecular formula is C27H30F2N4O4. The SMILES string of the molecule is O=C1CCC(N2Cc3cc(OC4CN(CC(F)F)CCC4NCc4ccccc4)ccc3C2=O)C(=O)N1. The minimum absolute atomic E-state index is 0.0380. The topological polar surface area (TPSA) is 91.0 Å². The fourth-order valence-corrected chi connectivity index (χ4v) is 5.34. The molecule has 0 radical (unpaired) electrons. The molecule has 2 aromatic carbocycles. The Balaban J connectivity index is 1.29. The van der Waals surface area contributed by atoms with E-state index in [2.05, 4.69) is 10.6 Å². The Bertz CT molecular complexity index is 1160. The second-order valence-electron chi connectivity index (χ2n) is 9.79. The van der Waals surface area contributed by atoms with Crippen molar-refractivity contribution in [2.45, 2.75) is 57.0 Å². The Kier molecular flexibility index (Phi) is 7.48. The second-order valence-corrected chi connectivity index (χ2v) is 9.79. The van der Waals surface area contributed by atoms with Gasteiger partial charge in [-0.15, -0.1) is 0 Å². The zero-order valence-electron chi connectivity index (χ0n) is 20.4. The number of likely N-dealkylation sites (tertiary alicyclic amines) is 1. The van der Waals surface area contributed by atoms with Crippen molar-refractivity contribution in [2.75, 3.05) is 19.6 Å². The van der Waals surface area contributed by atoms with Gasteiger partial charge in [-0.3, -0.25) is 24.6 Å². The van der Waals surface area contributed by atoms with Gasteiger partial charge in [0.25, 0.3) is 12.3 Å². The highest BCUT2D eigenvalue weighted by molar-refractivity contribution is 6.05. The highest BCUT2D eigenvalue weighted by atomic mass is 19.3. The number of nitrogens with one attached hydrogen (secondary N) is 2. The van der Waals surface area contributed by atoms with Gasteiger partial charge < -0.3 is 15.0 Å². The van der Waals surface area contributed by atoms with Gasteiger partial charge in [-0.2, -0.15) is 0 Å². The molecule has 196 valence electrons. The molecule has 3 aliphatic rings. The molecule has 2 N–H and O–H groups in total. The van der Waals surface area contributed by atoms with Crippen LogP contribution in [-0.2, 0) is 22.7 Å². The second kappa shape index (κ2) is 10.9. The standard InChI is InChI=1S/C27H30F2N4O4/c28-24(29)16-32-11-10-21(30-13-17-4-2-1-3-5-17)23(15-32)37-19-6-7-20-18(12-19)14-33(27(20)36)22-8-9-25(34)31-26(22)35/h1-7,12,21-24,30H,8-11,13-16H2,(H,31,34,35). The molecule has 3 aliphatic heterocycles. The van der Waals surface area contributed by atoms with E-state index in [1.165, 1.54) is 4.90 Å².